The van der Waals surface area contributed by atoms with Crippen LogP contribution < -0.4 is 0 Å². The Balaban J connectivity index is 1.95. The van der Waals surface area contributed by atoms with Gasteiger partial charge in [-0.25, -0.2) is 4.79 Å². The zero-order valence-electron chi connectivity index (χ0n) is 12.3. The Kier molecular flexibility index (Phi) is 4.17. The number of ketones is 1. The number of ether oxygens (including phenoxy) is 1. The van der Waals surface area contributed by atoms with Crippen LogP contribution in [-0.2, 0) is 4.74 Å². The van der Waals surface area contributed by atoms with Crippen LogP contribution in [0.15, 0.2) is 52.9 Å². The Morgan fingerprint density at radius 2 is 1.74 bits per heavy atom. The molecule has 3 rings (SSSR count). The van der Waals surface area contributed by atoms with Crippen molar-refractivity contribution in [3.05, 3.63) is 70.4 Å². The van der Waals surface area contributed by atoms with Gasteiger partial charge in [0.25, 0.3) is 0 Å². The van der Waals surface area contributed by atoms with Gasteiger partial charge in [-0.05, 0) is 55.5 Å². The lowest BCUT2D eigenvalue weighted by Crippen LogP contribution is -2.03. The Labute approximate surface area is 137 Å². The predicted molar refractivity (Wildman–Crippen MR) is 87.1 cm³/mol. The third-order valence-electron chi connectivity index (χ3n) is 3.36. The summed E-state index contributed by atoms with van der Waals surface area (Å²) in [5.41, 5.74) is 1.44. The number of hydrogen-bond acceptors (Lipinski definition) is 4. The van der Waals surface area contributed by atoms with E-state index in [0.29, 0.717) is 33.7 Å². The fourth-order valence-corrected chi connectivity index (χ4v) is 2.37. The van der Waals surface area contributed by atoms with Crippen LogP contribution in [-0.4, -0.2) is 18.4 Å². The summed E-state index contributed by atoms with van der Waals surface area (Å²) in [6.07, 6.45) is 0. The molecule has 0 fully saturated rings. The first-order valence-corrected chi connectivity index (χ1v) is 7.47. The Hall–Kier alpha value is -2.59. The van der Waals surface area contributed by atoms with Crippen molar-refractivity contribution < 1.29 is 18.7 Å². The highest BCUT2D eigenvalue weighted by Gasteiger charge is 2.16. The second kappa shape index (κ2) is 6.26. The zero-order chi connectivity index (χ0) is 16.4. The monoisotopic (exact) mass is 328 g/mol. The molecule has 0 N–H and O–H groups in total. The molecule has 0 aliphatic rings. The molecule has 4 nitrogen and oxygen atoms in total. The van der Waals surface area contributed by atoms with E-state index in [1.54, 1.807) is 55.5 Å². The van der Waals surface area contributed by atoms with Crippen LogP contribution in [0.5, 0.6) is 0 Å². The van der Waals surface area contributed by atoms with Crippen molar-refractivity contribution in [1.82, 2.24) is 0 Å². The van der Waals surface area contributed by atoms with Crippen LogP contribution in [0.4, 0.5) is 0 Å². The minimum Gasteiger partial charge on any atom is -0.462 e. The molecule has 3 aromatic rings. The van der Waals surface area contributed by atoms with Crippen molar-refractivity contribution in [3.8, 4) is 0 Å². The number of carbonyl (C=O) groups is 2. The van der Waals surface area contributed by atoms with Crippen LogP contribution >= 0.6 is 11.6 Å². The molecule has 0 aliphatic carbocycles. The molecule has 5 heteroatoms. The van der Waals surface area contributed by atoms with E-state index in [4.69, 9.17) is 20.8 Å². The van der Waals surface area contributed by atoms with E-state index in [1.165, 1.54) is 0 Å². The summed E-state index contributed by atoms with van der Waals surface area (Å²) in [6, 6.07) is 13.1. The van der Waals surface area contributed by atoms with Crippen molar-refractivity contribution in [1.29, 1.82) is 0 Å². The van der Waals surface area contributed by atoms with Crippen molar-refractivity contribution in [2.24, 2.45) is 0 Å². The molecule has 1 heterocycles. The van der Waals surface area contributed by atoms with E-state index >= 15 is 0 Å². The minimum atomic E-state index is -0.402. The van der Waals surface area contributed by atoms with E-state index in [9.17, 15) is 9.59 Å². The first-order chi connectivity index (χ1) is 11.1. The summed E-state index contributed by atoms with van der Waals surface area (Å²) in [5, 5.41) is 1.23. The number of hydrogen-bond donors (Lipinski definition) is 0. The van der Waals surface area contributed by atoms with Crippen molar-refractivity contribution in [2.45, 2.75) is 6.92 Å². The molecule has 1 aromatic heterocycles. The molecule has 0 bridgehead atoms. The highest BCUT2D eigenvalue weighted by atomic mass is 35.5. The van der Waals surface area contributed by atoms with Gasteiger partial charge < -0.3 is 9.15 Å². The lowest BCUT2D eigenvalue weighted by Gasteiger charge is -2.00. The van der Waals surface area contributed by atoms with Gasteiger partial charge in [0.05, 0.1) is 12.2 Å². The smallest absolute Gasteiger partial charge is 0.338 e. The molecule has 0 saturated heterocycles. The minimum absolute atomic E-state index is 0.211. The van der Waals surface area contributed by atoms with Gasteiger partial charge in [0.2, 0.25) is 5.78 Å². The van der Waals surface area contributed by atoms with Gasteiger partial charge in [-0.1, -0.05) is 11.6 Å². The lowest BCUT2D eigenvalue weighted by atomic mass is 10.1. The molecule has 2 aromatic carbocycles. The number of rotatable bonds is 4. The maximum Gasteiger partial charge on any atom is 0.338 e. The standard InChI is InChI=1S/C18H13ClO4/c1-2-22-18(21)12-5-8-15-13(9-12)10-16(23-15)17(20)11-3-6-14(19)7-4-11/h3-10H,2H2,1H3. The van der Waals surface area contributed by atoms with Crippen LogP contribution in [0.3, 0.4) is 0 Å². The van der Waals surface area contributed by atoms with Crippen molar-refractivity contribution >= 4 is 34.3 Å². The maximum absolute atomic E-state index is 12.4. The summed E-state index contributed by atoms with van der Waals surface area (Å²) < 4.78 is 10.5. The summed E-state index contributed by atoms with van der Waals surface area (Å²) in [7, 11) is 0. The van der Waals surface area contributed by atoms with Gasteiger partial charge in [0.1, 0.15) is 5.58 Å². The second-order valence-corrected chi connectivity index (χ2v) is 5.36. The number of fused-ring (bicyclic) bond motifs is 1. The van der Waals surface area contributed by atoms with Crippen LogP contribution in [0.2, 0.25) is 5.02 Å². The Bertz CT molecular complexity index is 878. The highest BCUT2D eigenvalue weighted by Crippen LogP contribution is 2.23. The molecule has 0 unspecified atom stereocenters. The van der Waals surface area contributed by atoms with Gasteiger partial charge in [0, 0.05) is 16.0 Å². The second-order valence-electron chi connectivity index (χ2n) is 4.92. The molecule has 0 aliphatic heterocycles. The quantitative estimate of drug-likeness (QED) is 0.523. The van der Waals surface area contributed by atoms with Crippen LogP contribution in [0, 0.1) is 0 Å². The summed E-state index contributed by atoms with van der Waals surface area (Å²) >= 11 is 5.82. The summed E-state index contributed by atoms with van der Waals surface area (Å²) in [4.78, 5) is 24.2. The molecule has 0 atom stereocenters. The molecule has 0 radical (unpaired) electrons. The van der Waals surface area contributed by atoms with Gasteiger partial charge in [-0.15, -0.1) is 0 Å². The highest BCUT2D eigenvalue weighted by molar-refractivity contribution is 6.30. The molecule has 23 heavy (non-hydrogen) atoms. The molecular weight excluding hydrogens is 316 g/mol. The third-order valence-corrected chi connectivity index (χ3v) is 3.61. The first-order valence-electron chi connectivity index (χ1n) is 7.09. The SMILES string of the molecule is CCOC(=O)c1ccc2oc(C(=O)c3ccc(Cl)cc3)cc2c1. The first kappa shape index (κ1) is 15.3. The third kappa shape index (κ3) is 3.12. The number of furan rings is 1. The maximum atomic E-state index is 12.4. The van der Waals surface area contributed by atoms with Crippen molar-refractivity contribution in [2.75, 3.05) is 6.61 Å². The average Bonchev–Trinajstić information content (AvgIpc) is 2.98. The molecule has 0 saturated carbocycles. The fourth-order valence-electron chi connectivity index (χ4n) is 2.24. The lowest BCUT2D eigenvalue weighted by molar-refractivity contribution is 0.0526. The van der Waals surface area contributed by atoms with Gasteiger partial charge >= 0.3 is 5.97 Å². The summed E-state index contributed by atoms with van der Waals surface area (Å²) in [6.45, 7) is 2.06. The van der Waals surface area contributed by atoms with Gasteiger partial charge in [-0.3, -0.25) is 4.79 Å². The normalized spacial score (nSPS) is 10.7. The number of halogens is 1. The van der Waals surface area contributed by atoms with E-state index in [1.807, 2.05) is 0 Å². The topological polar surface area (TPSA) is 56.5 Å². The number of benzene rings is 2. The predicted octanol–water partition coefficient (Wildman–Crippen LogP) is 4.49. The Morgan fingerprint density at radius 1 is 1.04 bits per heavy atom. The number of carbonyl (C=O) groups excluding carboxylic acids is 2. The zero-order valence-corrected chi connectivity index (χ0v) is 13.1. The molecule has 116 valence electrons. The van der Waals surface area contributed by atoms with Gasteiger partial charge in [0.15, 0.2) is 5.76 Å². The summed E-state index contributed by atoms with van der Waals surface area (Å²) in [5.74, 6) is -0.430. The van der Waals surface area contributed by atoms with Gasteiger partial charge in [-0.2, -0.15) is 0 Å². The average molecular weight is 329 g/mol. The van der Waals surface area contributed by atoms with Crippen LogP contribution in [0.1, 0.15) is 33.4 Å². The molecular formula is C18H13ClO4. The van der Waals surface area contributed by atoms with E-state index in [-0.39, 0.29) is 11.5 Å². The Morgan fingerprint density at radius 3 is 2.43 bits per heavy atom. The van der Waals surface area contributed by atoms with E-state index in [2.05, 4.69) is 0 Å². The molecule has 0 amide bonds. The number of esters is 1. The largest absolute Gasteiger partial charge is 0.462 e. The van der Waals surface area contributed by atoms with Crippen LogP contribution in [0.25, 0.3) is 11.0 Å². The fraction of sp³-hybridized carbons (Fsp3) is 0.111. The van der Waals surface area contributed by atoms with Crippen molar-refractivity contribution in [3.63, 3.8) is 0 Å². The van der Waals surface area contributed by atoms with E-state index < -0.39 is 5.97 Å². The van der Waals surface area contributed by atoms with E-state index in [0.717, 1.165) is 0 Å². The molecule has 0 spiro atoms.